The normalized spacial score (nSPS) is 25.2. The molecule has 1 nitrogen and oxygen atoms in total. The van der Waals surface area contributed by atoms with Gasteiger partial charge in [-0.1, -0.05) is 12.2 Å². The topological polar surface area (TPSA) is 17.1 Å². The molecule has 0 heterocycles. The molecule has 1 aliphatic rings. The van der Waals surface area contributed by atoms with E-state index in [2.05, 4.69) is 0 Å². The first kappa shape index (κ1) is 7.19. The highest BCUT2D eigenvalue weighted by molar-refractivity contribution is 5.76. The lowest BCUT2D eigenvalue weighted by Gasteiger charge is -2.09. The molecule has 0 aromatic carbocycles. The Morgan fingerprint density at radius 1 is 1.80 bits per heavy atom. The summed E-state index contributed by atoms with van der Waals surface area (Å²) in [6.07, 6.45) is 3.13. The van der Waals surface area contributed by atoms with Gasteiger partial charge in [-0.05, 0) is 18.1 Å². The lowest BCUT2D eigenvalue weighted by atomic mass is 9.99. The van der Waals surface area contributed by atoms with E-state index in [0.717, 1.165) is 11.9 Å². The van der Waals surface area contributed by atoms with Crippen LogP contribution in [0.3, 0.4) is 0 Å². The van der Waals surface area contributed by atoms with Crippen LogP contribution in [0.4, 0.5) is 4.39 Å². The number of halogens is 1. The van der Waals surface area contributed by atoms with Crippen molar-refractivity contribution in [2.75, 3.05) is 0 Å². The van der Waals surface area contributed by atoms with Crippen LogP contribution in [-0.2, 0) is 4.79 Å². The molecule has 0 spiro atoms. The van der Waals surface area contributed by atoms with E-state index in [-0.39, 0.29) is 6.42 Å². The molecule has 1 rings (SSSR count). The maximum absolute atomic E-state index is 12.5. The molecule has 0 amide bonds. The summed E-state index contributed by atoms with van der Waals surface area (Å²) in [7, 11) is 0. The van der Waals surface area contributed by atoms with E-state index in [1.54, 1.807) is 6.08 Å². The third-order valence-corrected chi connectivity index (χ3v) is 1.62. The van der Waals surface area contributed by atoms with Crippen LogP contribution in [0.25, 0.3) is 0 Å². The van der Waals surface area contributed by atoms with Crippen LogP contribution in [0, 0.1) is 0 Å². The SMILES string of the molecule is CC1=C(C=O)CC(F)C=C1. The van der Waals surface area contributed by atoms with Crippen LogP contribution in [-0.4, -0.2) is 12.5 Å². The molecule has 0 radical (unpaired) electrons. The molecule has 1 atom stereocenters. The highest BCUT2D eigenvalue weighted by atomic mass is 19.1. The van der Waals surface area contributed by atoms with E-state index in [1.807, 2.05) is 6.92 Å². The van der Waals surface area contributed by atoms with Crippen molar-refractivity contribution in [3.05, 3.63) is 23.3 Å². The summed E-state index contributed by atoms with van der Waals surface area (Å²) in [6, 6.07) is 0. The second-order valence-electron chi connectivity index (χ2n) is 2.41. The molecule has 0 aromatic rings. The summed E-state index contributed by atoms with van der Waals surface area (Å²) < 4.78 is 12.5. The Labute approximate surface area is 59.2 Å². The summed E-state index contributed by atoms with van der Waals surface area (Å²) in [4.78, 5) is 10.3. The van der Waals surface area contributed by atoms with Gasteiger partial charge in [-0.3, -0.25) is 4.79 Å². The number of hydrogen-bond acceptors (Lipinski definition) is 1. The molecule has 2 heteroatoms. The van der Waals surface area contributed by atoms with Crippen LogP contribution < -0.4 is 0 Å². The fourth-order valence-electron chi connectivity index (χ4n) is 0.936. The molecule has 1 unspecified atom stereocenters. The Morgan fingerprint density at radius 3 is 3.00 bits per heavy atom. The molecule has 0 saturated carbocycles. The van der Waals surface area contributed by atoms with Gasteiger partial charge in [0.25, 0.3) is 0 Å². The quantitative estimate of drug-likeness (QED) is 0.507. The van der Waals surface area contributed by atoms with E-state index < -0.39 is 6.17 Å². The first-order chi connectivity index (χ1) is 4.74. The average Bonchev–Trinajstić information content (AvgIpc) is 1.94. The van der Waals surface area contributed by atoms with Crippen LogP contribution in [0.15, 0.2) is 23.3 Å². The maximum Gasteiger partial charge on any atom is 0.146 e. The smallest absolute Gasteiger partial charge is 0.146 e. The van der Waals surface area contributed by atoms with Crippen LogP contribution >= 0.6 is 0 Å². The Kier molecular flexibility index (Phi) is 2.00. The third kappa shape index (κ3) is 1.32. The van der Waals surface area contributed by atoms with Crippen molar-refractivity contribution in [1.82, 2.24) is 0 Å². The van der Waals surface area contributed by atoms with Crippen molar-refractivity contribution < 1.29 is 9.18 Å². The van der Waals surface area contributed by atoms with Crippen LogP contribution in [0.5, 0.6) is 0 Å². The zero-order valence-electron chi connectivity index (χ0n) is 5.80. The van der Waals surface area contributed by atoms with E-state index in [1.165, 1.54) is 6.08 Å². The van der Waals surface area contributed by atoms with Crippen molar-refractivity contribution in [1.29, 1.82) is 0 Å². The van der Waals surface area contributed by atoms with E-state index >= 15 is 0 Å². The molecule has 0 aromatic heterocycles. The first-order valence-electron chi connectivity index (χ1n) is 3.21. The number of allylic oxidation sites excluding steroid dienone is 4. The maximum atomic E-state index is 12.5. The molecule has 1 aliphatic carbocycles. The molecule has 0 aliphatic heterocycles. The van der Waals surface area contributed by atoms with Gasteiger partial charge in [-0.2, -0.15) is 0 Å². The first-order valence-corrected chi connectivity index (χ1v) is 3.21. The number of aldehydes is 1. The average molecular weight is 140 g/mol. The summed E-state index contributed by atoms with van der Waals surface area (Å²) >= 11 is 0. The molecule has 0 bridgehead atoms. The molecule has 10 heavy (non-hydrogen) atoms. The molecular formula is C8H9FO. The van der Waals surface area contributed by atoms with Gasteiger partial charge in [-0.25, -0.2) is 4.39 Å². The Bertz CT molecular complexity index is 203. The summed E-state index contributed by atoms with van der Waals surface area (Å²) in [5.74, 6) is 0. The van der Waals surface area contributed by atoms with Gasteiger partial charge in [-0.15, -0.1) is 0 Å². The Hall–Kier alpha value is -0.920. The second kappa shape index (κ2) is 2.78. The fourth-order valence-corrected chi connectivity index (χ4v) is 0.936. The molecule has 0 N–H and O–H groups in total. The van der Waals surface area contributed by atoms with Gasteiger partial charge in [0.2, 0.25) is 0 Å². The van der Waals surface area contributed by atoms with Crippen LogP contribution in [0.2, 0.25) is 0 Å². The number of carbonyl (C=O) groups is 1. The van der Waals surface area contributed by atoms with E-state index in [4.69, 9.17) is 0 Å². The Balaban J connectivity index is 2.83. The number of alkyl halides is 1. The van der Waals surface area contributed by atoms with Gasteiger partial charge in [0, 0.05) is 6.42 Å². The molecule has 54 valence electrons. The minimum atomic E-state index is -0.969. The fraction of sp³-hybridized carbons (Fsp3) is 0.375. The zero-order valence-corrected chi connectivity index (χ0v) is 5.80. The molecular weight excluding hydrogens is 131 g/mol. The van der Waals surface area contributed by atoms with Gasteiger partial charge in [0.05, 0.1) is 0 Å². The highest BCUT2D eigenvalue weighted by Gasteiger charge is 2.11. The monoisotopic (exact) mass is 140 g/mol. The third-order valence-electron chi connectivity index (χ3n) is 1.62. The predicted molar refractivity (Wildman–Crippen MR) is 37.4 cm³/mol. The van der Waals surface area contributed by atoms with Gasteiger partial charge in [0.15, 0.2) is 0 Å². The number of rotatable bonds is 1. The number of hydrogen-bond donors (Lipinski definition) is 0. The van der Waals surface area contributed by atoms with Crippen LogP contribution in [0.1, 0.15) is 13.3 Å². The van der Waals surface area contributed by atoms with E-state index in [0.29, 0.717) is 5.57 Å². The summed E-state index contributed by atoms with van der Waals surface area (Å²) in [5, 5.41) is 0. The molecule has 0 fully saturated rings. The van der Waals surface area contributed by atoms with Gasteiger partial charge >= 0.3 is 0 Å². The van der Waals surface area contributed by atoms with Gasteiger partial charge in [0.1, 0.15) is 12.5 Å². The zero-order chi connectivity index (χ0) is 7.56. The summed E-state index contributed by atoms with van der Waals surface area (Å²) in [5.41, 5.74) is 1.46. The van der Waals surface area contributed by atoms with Gasteiger partial charge < -0.3 is 0 Å². The van der Waals surface area contributed by atoms with Crippen molar-refractivity contribution in [2.24, 2.45) is 0 Å². The minimum Gasteiger partial charge on any atom is -0.298 e. The second-order valence-corrected chi connectivity index (χ2v) is 2.41. The highest BCUT2D eigenvalue weighted by Crippen LogP contribution is 2.18. The lowest BCUT2D eigenvalue weighted by Crippen LogP contribution is -2.04. The minimum absolute atomic E-state index is 0.242. The van der Waals surface area contributed by atoms with Crippen molar-refractivity contribution >= 4 is 6.29 Å². The molecule has 0 saturated heterocycles. The Morgan fingerprint density at radius 2 is 2.50 bits per heavy atom. The van der Waals surface area contributed by atoms with Crippen molar-refractivity contribution in [3.8, 4) is 0 Å². The standard InChI is InChI=1S/C8H9FO/c1-6-2-3-8(9)4-7(6)5-10/h2-3,5,8H,4H2,1H3. The van der Waals surface area contributed by atoms with E-state index in [9.17, 15) is 9.18 Å². The van der Waals surface area contributed by atoms with Crippen molar-refractivity contribution in [2.45, 2.75) is 19.5 Å². The number of carbonyl (C=O) groups excluding carboxylic acids is 1. The largest absolute Gasteiger partial charge is 0.298 e. The predicted octanol–water partition coefficient (Wildman–Crippen LogP) is 1.80. The van der Waals surface area contributed by atoms with Crippen molar-refractivity contribution in [3.63, 3.8) is 0 Å². The summed E-state index contributed by atoms with van der Waals surface area (Å²) in [6.45, 7) is 1.81. The lowest BCUT2D eigenvalue weighted by molar-refractivity contribution is -0.105.